The Morgan fingerprint density at radius 2 is 1.86 bits per heavy atom. The summed E-state index contributed by atoms with van der Waals surface area (Å²) in [7, 11) is 0. The number of aliphatic hydroxyl groups excluding tert-OH is 1. The second-order valence-corrected chi connectivity index (χ2v) is 3.11. The maximum absolute atomic E-state index is 12.5. The van der Waals surface area contributed by atoms with E-state index in [-0.39, 0.29) is 30.7 Å². The van der Waals surface area contributed by atoms with Crippen LogP contribution in [0.25, 0.3) is 0 Å². The van der Waals surface area contributed by atoms with Crippen LogP contribution in [0.4, 0.5) is 4.39 Å². The fraction of sp³-hybridized carbons (Fsp3) is 0.400. The molecule has 0 heterocycles. The van der Waals surface area contributed by atoms with Crippen LogP contribution in [0.5, 0.6) is 0 Å². The van der Waals surface area contributed by atoms with E-state index in [0.717, 1.165) is 5.56 Å². The van der Waals surface area contributed by atoms with Crippen LogP contribution in [0, 0.1) is 11.7 Å². The molecule has 14 heavy (non-hydrogen) atoms. The lowest BCUT2D eigenvalue weighted by Gasteiger charge is -2.10. The Kier molecular flexibility index (Phi) is 6.45. The van der Waals surface area contributed by atoms with Crippen molar-refractivity contribution in [2.45, 2.75) is 6.42 Å². The molecule has 0 radical (unpaired) electrons. The Balaban J connectivity index is 0.00000169. The van der Waals surface area contributed by atoms with Gasteiger partial charge in [0, 0.05) is 6.61 Å². The molecular weight excluding hydrogens is 205 g/mol. The third-order valence-corrected chi connectivity index (χ3v) is 2.03. The van der Waals surface area contributed by atoms with Crippen LogP contribution in [-0.2, 0) is 6.42 Å². The van der Waals surface area contributed by atoms with Gasteiger partial charge >= 0.3 is 0 Å². The summed E-state index contributed by atoms with van der Waals surface area (Å²) < 4.78 is 12.5. The van der Waals surface area contributed by atoms with Gasteiger partial charge < -0.3 is 10.8 Å². The highest BCUT2D eigenvalue weighted by Gasteiger charge is 2.05. The number of aliphatic hydroxyl groups is 1. The standard InChI is InChI=1S/C10H14FNO.ClH/c11-10-3-1-8(2-4-10)5-9(6-12)7-13;/h1-4,9,13H,5-7,12H2;1H. The van der Waals surface area contributed by atoms with E-state index in [1.807, 2.05) is 0 Å². The van der Waals surface area contributed by atoms with Gasteiger partial charge in [-0.25, -0.2) is 4.39 Å². The summed E-state index contributed by atoms with van der Waals surface area (Å²) in [6, 6.07) is 6.27. The second kappa shape index (κ2) is 6.76. The predicted octanol–water partition coefficient (Wildman–Crippen LogP) is 1.36. The zero-order valence-corrected chi connectivity index (χ0v) is 8.64. The lowest BCUT2D eigenvalue weighted by Crippen LogP contribution is -2.20. The zero-order valence-electron chi connectivity index (χ0n) is 7.82. The molecule has 0 amide bonds. The average Bonchev–Trinajstić information content (AvgIpc) is 2.17. The predicted molar refractivity (Wildman–Crippen MR) is 57.0 cm³/mol. The topological polar surface area (TPSA) is 46.2 Å². The molecule has 1 rings (SSSR count). The van der Waals surface area contributed by atoms with Gasteiger partial charge in [-0.15, -0.1) is 12.4 Å². The van der Waals surface area contributed by atoms with Crippen LogP contribution in [-0.4, -0.2) is 18.3 Å². The van der Waals surface area contributed by atoms with Gasteiger partial charge in [0.15, 0.2) is 0 Å². The molecule has 0 bridgehead atoms. The average molecular weight is 220 g/mol. The first-order chi connectivity index (χ1) is 6.26. The first-order valence-electron chi connectivity index (χ1n) is 4.31. The van der Waals surface area contributed by atoms with Crippen LogP contribution in [0.2, 0.25) is 0 Å². The molecule has 1 atom stereocenters. The van der Waals surface area contributed by atoms with Crippen molar-refractivity contribution in [2.75, 3.05) is 13.2 Å². The van der Waals surface area contributed by atoms with Crippen molar-refractivity contribution in [3.05, 3.63) is 35.6 Å². The number of hydrogen-bond acceptors (Lipinski definition) is 2. The van der Waals surface area contributed by atoms with E-state index in [2.05, 4.69) is 0 Å². The van der Waals surface area contributed by atoms with E-state index in [0.29, 0.717) is 13.0 Å². The van der Waals surface area contributed by atoms with E-state index in [4.69, 9.17) is 10.8 Å². The molecule has 1 unspecified atom stereocenters. The molecule has 0 saturated carbocycles. The number of hydrogen-bond donors (Lipinski definition) is 2. The van der Waals surface area contributed by atoms with Crippen molar-refractivity contribution in [1.82, 2.24) is 0 Å². The maximum Gasteiger partial charge on any atom is 0.123 e. The lowest BCUT2D eigenvalue weighted by atomic mass is 10.0. The third kappa shape index (κ3) is 4.05. The quantitative estimate of drug-likeness (QED) is 0.803. The van der Waals surface area contributed by atoms with E-state index in [1.54, 1.807) is 12.1 Å². The molecule has 0 aliphatic rings. The van der Waals surface area contributed by atoms with Gasteiger partial charge in [0.25, 0.3) is 0 Å². The molecular formula is C10H15ClFNO. The Hall–Kier alpha value is -0.640. The van der Waals surface area contributed by atoms with Gasteiger partial charge in [0.2, 0.25) is 0 Å². The number of benzene rings is 1. The summed E-state index contributed by atoms with van der Waals surface area (Å²) in [4.78, 5) is 0. The van der Waals surface area contributed by atoms with Crippen molar-refractivity contribution in [3.8, 4) is 0 Å². The van der Waals surface area contributed by atoms with Crippen molar-refractivity contribution < 1.29 is 9.50 Å². The van der Waals surface area contributed by atoms with Crippen LogP contribution in [0.15, 0.2) is 24.3 Å². The number of nitrogens with two attached hydrogens (primary N) is 1. The Morgan fingerprint density at radius 3 is 2.29 bits per heavy atom. The summed E-state index contributed by atoms with van der Waals surface area (Å²) in [6.07, 6.45) is 0.702. The molecule has 0 spiro atoms. The minimum atomic E-state index is -0.239. The highest BCUT2D eigenvalue weighted by Crippen LogP contribution is 2.08. The van der Waals surface area contributed by atoms with Crippen molar-refractivity contribution in [1.29, 1.82) is 0 Å². The Bertz CT molecular complexity index is 249. The monoisotopic (exact) mass is 219 g/mol. The lowest BCUT2D eigenvalue weighted by molar-refractivity contribution is 0.230. The van der Waals surface area contributed by atoms with Crippen LogP contribution in [0.1, 0.15) is 5.56 Å². The van der Waals surface area contributed by atoms with Crippen LogP contribution < -0.4 is 5.73 Å². The van der Waals surface area contributed by atoms with Gasteiger partial charge in [0.1, 0.15) is 5.82 Å². The second-order valence-electron chi connectivity index (χ2n) is 3.11. The Labute approximate surface area is 89.3 Å². The molecule has 1 aromatic rings. The minimum absolute atomic E-state index is 0. The molecule has 80 valence electrons. The van der Waals surface area contributed by atoms with Crippen LogP contribution >= 0.6 is 12.4 Å². The molecule has 0 aliphatic carbocycles. The van der Waals surface area contributed by atoms with Crippen molar-refractivity contribution in [3.63, 3.8) is 0 Å². The summed E-state index contributed by atoms with van der Waals surface area (Å²) >= 11 is 0. The Morgan fingerprint density at radius 1 is 1.29 bits per heavy atom. The largest absolute Gasteiger partial charge is 0.396 e. The van der Waals surface area contributed by atoms with Crippen molar-refractivity contribution >= 4 is 12.4 Å². The smallest absolute Gasteiger partial charge is 0.123 e. The highest BCUT2D eigenvalue weighted by atomic mass is 35.5. The highest BCUT2D eigenvalue weighted by molar-refractivity contribution is 5.85. The third-order valence-electron chi connectivity index (χ3n) is 2.03. The fourth-order valence-electron chi connectivity index (χ4n) is 1.18. The van der Waals surface area contributed by atoms with Gasteiger partial charge in [-0.05, 0) is 36.6 Å². The molecule has 4 heteroatoms. The maximum atomic E-state index is 12.5. The normalized spacial score (nSPS) is 11.9. The van der Waals surface area contributed by atoms with E-state index >= 15 is 0 Å². The van der Waals surface area contributed by atoms with E-state index in [1.165, 1.54) is 12.1 Å². The zero-order chi connectivity index (χ0) is 9.68. The fourth-order valence-corrected chi connectivity index (χ4v) is 1.18. The SMILES string of the molecule is Cl.NCC(CO)Cc1ccc(F)cc1. The van der Waals surface area contributed by atoms with Gasteiger partial charge in [-0.2, -0.15) is 0 Å². The summed E-state index contributed by atoms with van der Waals surface area (Å²) in [5, 5.41) is 8.89. The molecule has 0 aliphatic heterocycles. The molecule has 0 saturated heterocycles. The first kappa shape index (κ1) is 13.4. The number of rotatable bonds is 4. The first-order valence-corrected chi connectivity index (χ1v) is 4.31. The summed E-state index contributed by atoms with van der Waals surface area (Å²) in [5.41, 5.74) is 6.43. The van der Waals surface area contributed by atoms with E-state index < -0.39 is 0 Å². The van der Waals surface area contributed by atoms with Crippen molar-refractivity contribution in [2.24, 2.45) is 11.7 Å². The molecule has 1 aromatic carbocycles. The minimum Gasteiger partial charge on any atom is -0.396 e. The van der Waals surface area contributed by atoms with Gasteiger partial charge in [-0.3, -0.25) is 0 Å². The van der Waals surface area contributed by atoms with Gasteiger partial charge in [-0.1, -0.05) is 12.1 Å². The molecule has 0 fully saturated rings. The van der Waals surface area contributed by atoms with Crippen LogP contribution in [0.3, 0.4) is 0 Å². The summed E-state index contributed by atoms with van der Waals surface area (Å²) in [6.45, 7) is 0.530. The number of halogens is 2. The van der Waals surface area contributed by atoms with Gasteiger partial charge in [0.05, 0.1) is 0 Å². The molecule has 2 nitrogen and oxygen atoms in total. The van der Waals surface area contributed by atoms with E-state index in [9.17, 15) is 4.39 Å². The molecule has 3 N–H and O–H groups in total. The molecule has 0 aromatic heterocycles. The summed E-state index contributed by atoms with van der Waals surface area (Å²) in [5.74, 6) is -0.164.